The molecule has 0 amide bonds. The van der Waals surface area contributed by atoms with E-state index in [4.69, 9.17) is 4.74 Å². The zero-order valence-electron chi connectivity index (χ0n) is 12.8. The van der Waals surface area contributed by atoms with Crippen LogP contribution in [0.15, 0.2) is 58.3 Å². The fourth-order valence-corrected chi connectivity index (χ4v) is 2.97. The van der Waals surface area contributed by atoms with Crippen molar-refractivity contribution in [2.24, 2.45) is 0 Å². The van der Waals surface area contributed by atoms with Crippen LogP contribution in [0.4, 0.5) is 5.69 Å². The van der Waals surface area contributed by atoms with E-state index in [-0.39, 0.29) is 5.54 Å². The highest BCUT2D eigenvalue weighted by Crippen LogP contribution is 2.22. The Kier molecular flexibility index (Phi) is 4.68. The van der Waals surface area contributed by atoms with E-state index < -0.39 is 10.8 Å². The fourth-order valence-electron chi connectivity index (χ4n) is 1.93. The predicted molar refractivity (Wildman–Crippen MR) is 87.5 cm³/mol. The van der Waals surface area contributed by atoms with Crippen LogP contribution in [0.3, 0.4) is 0 Å². The highest BCUT2D eigenvalue weighted by atomic mass is 32.2. The minimum atomic E-state index is -1.17. The average molecular weight is 303 g/mol. The highest BCUT2D eigenvalue weighted by molar-refractivity contribution is 7.85. The van der Waals surface area contributed by atoms with E-state index >= 15 is 0 Å². The van der Waals surface area contributed by atoms with Gasteiger partial charge in [0, 0.05) is 21.0 Å². The van der Waals surface area contributed by atoms with Gasteiger partial charge in [-0.2, -0.15) is 0 Å². The first kappa shape index (κ1) is 15.6. The Hall–Kier alpha value is -1.81. The molecule has 1 atom stereocenters. The predicted octanol–water partition coefficient (Wildman–Crippen LogP) is 4.07. The van der Waals surface area contributed by atoms with Crippen LogP contribution in [-0.2, 0) is 10.8 Å². The van der Waals surface area contributed by atoms with Crippen molar-refractivity contribution in [3.8, 4) is 5.75 Å². The van der Waals surface area contributed by atoms with Crippen LogP contribution in [0.25, 0.3) is 0 Å². The number of nitrogens with one attached hydrogen (secondary N) is 1. The molecule has 2 aromatic rings. The SMILES string of the molecule is COc1ccc(S(=O)c2ccc(NC(C)(C)C)cc2)cc1. The number of benzene rings is 2. The number of anilines is 1. The third-order valence-electron chi connectivity index (χ3n) is 2.86. The smallest absolute Gasteiger partial charge is 0.118 e. The summed E-state index contributed by atoms with van der Waals surface area (Å²) in [5.74, 6) is 0.764. The Morgan fingerprint density at radius 2 is 1.38 bits per heavy atom. The topological polar surface area (TPSA) is 38.3 Å². The van der Waals surface area contributed by atoms with Crippen molar-refractivity contribution in [2.45, 2.75) is 36.1 Å². The molecule has 0 heterocycles. The summed E-state index contributed by atoms with van der Waals surface area (Å²) in [7, 11) is 0.446. The molecule has 0 aliphatic rings. The standard InChI is InChI=1S/C17H21NO2S/c1-17(2,3)18-13-5-9-15(10-6-13)21(19)16-11-7-14(20-4)8-12-16/h5-12,18H,1-4H3. The summed E-state index contributed by atoms with van der Waals surface area (Å²) < 4.78 is 17.6. The molecule has 0 aliphatic heterocycles. The summed E-state index contributed by atoms with van der Waals surface area (Å²) in [6, 6.07) is 15.0. The molecule has 2 rings (SSSR count). The van der Waals surface area contributed by atoms with Crippen LogP contribution in [0.5, 0.6) is 5.75 Å². The minimum absolute atomic E-state index is 0.0106. The summed E-state index contributed by atoms with van der Waals surface area (Å²) in [6.45, 7) is 6.32. The van der Waals surface area contributed by atoms with E-state index in [2.05, 4.69) is 26.1 Å². The van der Waals surface area contributed by atoms with E-state index in [9.17, 15) is 4.21 Å². The normalized spacial score (nSPS) is 12.8. The second kappa shape index (κ2) is 6.31. The van der Waals surface area contributed by atoms with Crippen LogP contribution in [0.1, 0.15) is 20.8 Å². The maximum atomic E-state index is 12.5. The van der Waals surface area contributed by atoms with Crippen molar-refractivity contribution >= 4 is 16.5 Å². The van der Waals surface area contributed by atoms with Gasteiger partial charge in [-0.3, -0.25) is 0 Å². The van der Waals surface area contributed by atoms with Crippen LogP contribution in [0, 0.1) is 0 Å². The third-order valence-corrected chi connectivity index (χ3v) is 4.26. The Morgan fingerprint density at radius 1 is 0.905 bits per heavy atom. The quantitative estimate of drug-likeness (QED) is 0.925. The lowest BCUT2D eigenvalue weighted by molar-refractivity contribution is 0.414. The maximum absolute atomic E-state index is 12.5. The summed E-state index contributed by atoms with van der Waals surface area (Å²) in [5.41, 5.74) is 1.04. The fraction of sp³-hybridized carbons (Fsp3) is 0.294. The largest absolute Gasteiger partial charge is 0.497 e. The lowest BCUT2D eigenvalue weighted by atomic mass is 10.1. The van der Waals surface area contributed by atoms with Crippen molar-refractivity contribution in [3.63, 3.8) is 0 Å². The van der Waals surface area contributed by atoms with E-state index in [0.29, 0.717) is 0 Å². The summed E-state index contributed by atoms with van der Waals surface area (Å²) >= 11 is 0. The molecule has 0 radical (unpaired) electrons. The Bertz CT molecular complexity index is 613. The molecule has 1 N–H and O–H groups in total. The number of hydrogen-bond acceptors (Lipinski definition) is 3. The van der Waals surface area contributed by atoms with Gasteiger partial charge < -0.3 is 10.1 Å². The summed E-state index contributed by atoms with van der Waals surface area (Å²) in [4.78, 5) is 1.56. The average Bonchev–Trinajstić information content (AvgIpc) is 2.46. The van der Waals surface area contributed by atoms with Crippen molar-refractivity contribution in [1.82, 2.24) is 0 Å². The van der Waals surface area contributed by atoms with Crippen LogP contribution in [0.2, 0.25) is 0 Å². The van der Waals surface area contributed by atoms with Crippen LogP contribution >= 0.6 is 0 Å². The lowest BCUT2D eigenvalue weighted by Crippen LogP contribution is -2.25. The molecule has 112 valence electrons. The van der Waals surface area contributed by atoms with Gasteiger partial charge in [0.25, 0.3) is 0 Å². The molecule has 0 saturated carbocycles. The first-order chi connectivity index (χ1) is 9.89. The summed E-state index contributed by atoms with van der Waals surface area (Å²) in [5, 5.41) is 3.39. The molecule has 1 unspecified atom stereocenters. The number of hydrogen-bond donors (Lipinski definition) is 1. The maximum Gasteiger partial charge on any atom is 0.118 e. The van der Waals surface area contributed by atoms with Gasteiger partial charge >= 0.3 is 0 Å². The van der Waals surface area contributed by atoms with Gasteiger partial charge in [-0.1, -0.05) is 0 Å². The zero-order chi connectivity index (χ0) is 15.5. The van der Waals surface area contributed by atoms with E-state index in [1.165, 1.54) is 0 Å². The van der Waals surface area contributed by atoms with Crippen molar-refractivity contribution in [2.75, 3.05) is 12.4 Å². The zero-order valence-corrected chi connectivity index (χ0v) is 13.7. The Balaban J connectivity index is 2.15. The molecular formula is C17H21NO2S. The van der Waals surface area contributed by atoms with Gasteiger partial charge in [0.2, 0.25) is 0 Å². The van der Waals surface area contributed by atoms with Gasteiger partial charge in [-0.05, 0) is 69.3 Å². The van der Waals surface area contributed by atoms with Gasteiger partial charge in [-0.25, -0.2) is 4.21 Å². The first-order valence-electron chi connectivity index (χ1n) is 6.83. The second-order valence-electron chi connectivity index (χ2n) is 5.84. The van der Waals surface area contributed by atoms with E-state index in [1.807, 2.05) is 48.5 Å². The Labute approximate surface area is 128 Å². The molecule has 4 heteroatoms. The van der Waals surface area contributed by atoms with Gasteiger partial charge in [0.05, 0.1) is 17.9 Å². The van der Waals surface area contributed by atoms with Gasteiger partial charge in [0.15, 0.2) is 0 Å². The number of rotatable bonds is 4. The minimum Gasteiger partial charge on any atom is -0.497 e. The molecular weight excluding hydrogens is 282 g/mol. The molecule has 0 bridgehead atoms. The molecule has 2 aromatic carbocycles. The molecule has 0 aromatic heterocycles. The molecule has 0 aliphatic carbocycles. The number of methoxy groups -OCH3 is 1. The number of ether oxygens (including phenoxy) is 1. The molecule has 0 spiro atoms. The Morgan fingerprint density at radius 3 is 1.81 bits per heavy atom. The monoisotopic (exact) mass is 303 g/mol. The van der Waals surface area contributed by atoms with Gasteiger partial charge in [0.1, 0.15) is 5.75 Å². The van der Waals surface area contributed by atoms with E-state index in [0.717, 1.165) is 21.2 Å². The second-order valence-corrected chi connectivity index (χ2v) is 7.32. The van der Waals surface area contributed by atoms with E-state index in [1.54, 1.807) is 7.11 Å². The lowest BCUT2D eigenvalue weighted by Gasteiger charge is -2.22. The third kappa shape index (κ3) is 4.33. The first-order valence-corrected chi connectivity index (χ1v) is 7.98. The van der Waals surface area contributed by atoms with Crippen LogP contribution in [-0.4, -0.2) is 16.9 Å². The molecule has 3 nitrogen and oxygen atoms in total. The van der Waals surface area contributed by atoms with Crippen LogP contribution < -0.4 is 10.1 Å². The van der Waals surface area contributed by atoms with Crippen molar-refractivity contribution in [3.05, 3.63) is 48.5 Å². The summed E-state index contributed by atoms with van der Waals surface area (Å²) in [6.07, 6.45) is 0. The molecule has 0 fully saturated rings. The van der Waals surface area contributed by atoms with Crippen molar-refractivity contribution in [1.29, 1.82) is 0 Å². The molecule has 0 saturated heterocycles. The van der Waals surface area contributed by atoms with Gasteiger partial charge in [-0.15, -0.1) is 0 Å². The molecule has 21 heavy (non-hydrogen) atoms. The van der Waals surface area contributed by atoms with Crippen molar-refractivity contribution < 1.29 is 8.95 Å². The highest BCUT2D eigenvalue weighted by Gasteiger charge is 2.11.